The van der Waals surface area contributed by atoms with E-state index in [2.05, 4.69) is 5.32 Å². The van der Waals surface area contributed by atoms with Gasteiger partial charge in [-0.15, -0.1) is 12.4 Å². The number of ether oxygens (including phenoxy) is 1. The lowest BCUT2D eigenvalue weighted by atomic mass is 10.1. The molecule has 1 saturated heterocycles. The second-order valence-corrected chi connectivity index (χ2v) is 4.81. The second-order valence-electron chi connectivity index (χ2n) is 4.81. The third-order valence-corrected chi connectivity index (χ3v) is 2.71. The van der Waals surface area contributed by atoms with Crippen LogP contribution in [0.1, 0.15) is 39.5 Å². The van der Waals surface area contributed by atoms with Crippen LogP contribution in [0.3, 0.4) is 0 Å². The highest BCUT2D eigenvalue weighted by molar-refractivity contribution is 5.85. The van der Waals surface area contributed by atoms with Crippen molar-refractivity contribution in [3.8, 4) is 0 Å². The number of hydrogen-bond donors (Lipinski definition) is 2. The number of halogens is 1. The molecule has 1 aliphatic heterocycles. The predicted octanol–water partition coefficient (Wildman–Crippen LogP) is 1.22. The zero-order chi connectivity index (χ0) is 11.3. The summed E-state index contributed by atoms with van der Waals surface area (Å²) in [5, 5.41) is 2.91. The largest absolute Gasteiger partial charge is 0.378 e. The standard InChI is InChI=1S/C11H22N2O2.ClH/c1-11(2,8-12)13-10(14)6-5-9-4-3-7-15-9;/h9H,3-8,12H2,1-2H3,(H,13,14);1H. The van der Waals surface area contributed by atoms with Crippen molar-refractivity contribution in [2.45, 2.75) is 51.2 Å². The summed E-state index contributed by atoms with van der Waals surface area (Å²) in [6, 6.07) is 0. The molecule has 0 aliphatic carbocycles. The molecule has 0 bridgehead atoms. The minimum atomic E-state index is -0.298. The Balaban J connectivity index is 0.00000225. The van der Waals surface area contributed by atoms with Gasteiger partial charge in [-0.1, -0.05) is 0 Å². The lowest BCUT2D eigenvalue weighted by Gasteiger charge is -2.24. The Bertz CT molecular complexity index is 216. The van der Waals surface area contributed by atoms with Gasteiger partial charge in [0.2, 0.25) is 5.91 Å². The Morgan fingerprint density at radius 2 is 2.25 bits per heavy atom. The number of carbonyl (C=O) groups excluding carboxylic acids is 1. The van der Waals surface area contributed by atoms with Gasteiger partial charge in [0.05, 0.1) is 6.10 Å². The Morgan fingerprint density at radius 1 is 1.56 bits per heavy atom. The molecule has 1 aliphatic rings. The molecule has 5 heteroatoms. The average molecular weight is 251 g/mol. The maximum atomic E-state index is 11.6. The minimum Gasteiger partial charge on any atom is -0.378 e. The third-order valence-electron chi connectivity index (χ3n) is 2.71. The summed E-state index contributed by atoms with van der Waals surface area (Å²) < 4.78 is 5.46. The van der Waals surface area contributed by atoms with Crippen molar-refractivity contribution in [1.82, 2.24) is 5.32 Å². The van der Waals surface area contributed by atoms with E-state index in [0.29, 0.717) is 13.0 Å². The Kier molecular flexibility index (Phi) is 6.95. The van der Waals surface area contributed by atoms with Crippen LogP contribution in [0.2, 0.25) is 0 Å². The number of amides is 1. The number of rotatable bonds is 5. The van der Waals surface area contributed by atoms with E-state index >= 15 is 0 Å². The van der Waals surface area contributed by atoms with Crippen molar-refractivity contribution in [3.63, 3.8) is 0 Å². The highest BCUT2D eigenvalue weighted by atomic mass is 35.5. The summed E-state index contributed by atoms with van der Waals surface area (Å²) in [7, 11) is 0. The van der Waals surface area contributed by atoms with E-state index in [-0.39, 0.29) is 30.0 Å². The van der Waals surface area contributed by atoms with E-state index in [1.54, 1.807) is 0 Å². The molecule has 0 aromatic heterocycles. The molecule has 1 atom stereocenters. The molecule has 0 aromatic carbocycles. The van der Waals surface area contributed by atoms with Gasteiger partial charge in [-0.25, -0.2) is 0 Å². The zero-order valence-electron chi connectivity index (χ0n) is 10.1. The highest BCUT2D eigenvalue weighted by Crippen LogP contribution is 2.16. The maximum absolute atomic E-state index is 11.6. The Labute approximate surface area is 104 Å². The Morgan fingerprint density at radius 3 is 2.75 bits per heavy atom. The van der Waals surface area contributed by atoms with Crippen LogP contribution in [0.4, 0.5) is 0 Å². The molecule has 0 saturated carbocycles. The molecule has 96 valence electrons. The second kappa shape index (κ2) is 7.09. The van der Waals surface area contributed by atoms with Crippen LogP contribution in [-0.4, -0.2) is 30.7 Å². The Hall–Kier alpha value is -0.320. The fraction of sp³-hybridized carbons (Fsp3) is 0.909. The summed E-state index contributed by atoms with van der Waals surface area (Å²) in [6.45, 7) is 5.16. The van der Waals surface area contributed by atoms with Crippen molar-refractivity contribution in [2.75, 3.05) is 13.2 Å². The van der Waals surface area contributed by atoms with E-state index in [9.17, 15) is 4.79 Å². The number of nitrogens with one attached hydrogen (secondary N) is 1. The van der Waals surface area contributed by atoms with Gasteiger partial charge in [-0.3, -0.25) is 4.79 Å². The summed E-state index contributed by atoms with van der Waals surface area (Å²) in [5.41, 5.74) is 5.24. The first-order chi connectivity index (χ1) is 7.03. The SMILES string of the molecule is CC(C)(CN)NC(=O)CCC1CCCO1.Cl. The average Bonchev–Trinajstić information content (AvgIpc) is 2.66. The summed E-state index contributed by atoms with van der Waals surface area (Å²) >= 11 is 0. The van der Waals surface area contributed by atoms with E-state index in [0.717, 1.165) is 25.9 Å². The van der Waals surface area contributed by atoms with Crippen molar-refractivity contribution in [1.29, 1.82) is 0 Å². The molecular weight excluding hydrogens is 228 g/mol. The molecule has 1 rings (SSSR count). The summed E-state index contributed by atoms with van der Waals surface area (Å²) in [6.07, 6.45) is 3.87. The molecule has 4 nitrogen and oxygen atoms in total. The number of nitrogens with two attached hydrogens (primary N) is 1. The van der Waals surface area contributed by atoms with Gasteiger partial charge in [-0.05, 0) is 33.1 Å². The summed E-state index contributed by atoms with van der Waals surface area (Å²) in [4.78, 5) is 11.6. The van der Waals surface area contributed by atoms with E-state index < -0.39 is 0 Å². The third kappa shape index (κ3) is 5.68. The predicted molar refractivity (Wildman–Crippen MR) is 66.7 cm³/mol. The van der Waals surface area contributed by atoms with Crippen LogP contribution in [-0.2, 0) is 9.53 Å². The van der Waals surface area contributed by atoms with E-state index in [1.807, 2.05) is 13.8 Å². The molecule has 0 spiro atoms. The topological polar surface area (TPSA) is 64.3 Å². The minimum absolute atomic E-state index is 0. The first-order valence-electron chi connectivity index (χ1n) is 5.66. The quantitative estimate of drug-likeness (QED) is 0.771. The molecule has 3 N–H and O–H groups in total. The van der Waals surface area contributed by atoms with Gasteiger partial charge >= 0.3 is 0 Å². The van der Waals surface area contributed by atoms with Gasteiger partial charge in [-0.2, -0.15) is 0 Å². The monoisotopic (exact) mass is 250 g/mol. The van der Waals surface area contributed by atoms with Gasteiger partial charge < -0.3 is 15.8 Å². The first kappa shape index (κ1) is 15.7. The zero-order valence-corrected chi connectivity index (χ0v) is 10.9. The molecule has 1 heterocycles. The number of hydrogen-bond acceptors (Lipinski definition) is 3. The molecule has 0 radical (unpaired) electrons. The van der Waals surface area contributed by atoms with Gasteiger partial charge in [0, 0.05) is 25.1 Å². The fourth-order valence-corrected chi connectivity index (χ4v) is 1.66. The van der Waals surface area contributed by atoms with Crippen molar-refractivity contribution < 1.29 is 9.53 Å². The van der Waals surface area contributed by atoms with Crippen LogP contribution in [0, 0.1) is 0 Å². The maximum Gasteiger partial charge on any atom is 0.220 e. The van der Waals surface area contributed by atoms with Crippen LogP contribution in [0.25, 0.3) is 0 Å². The normalized spacial score (nSPS) is 20.3. The van der Waals surface area contributed by atoms with Crippen molar-refractivity contribution in [2.24, 2.45) is 5.73 Å². The molecule has 1 amide bonds. The molecular formula is C11H23ClN2O2. The molecule has 1 unspecified atom stereocenters. The lowest BCUT2D eigenvalue weighted by Crippen LogP contribution is -2.48. The highest BCUT2D eigenvalue weighted by Gasteiger charge is 2.20. The first-order valence-corrected chi connectivity index (χ1v) is 5.66. The van der Waals surface area contributed by atoms with E-state index in [1.165, 1.54) is 0 Å². The van der Waals surface area contributed by atoms with Crippen LogP contribution in [0.15, 0.2) is 0 Å². The van der Waals surface area contributed by atoms with Gasteiger partial charge in [0.1, 0.15) is 0 Å². The fourth-order valence-electron chi connectivity index (χ4n) is 1.66. The van der Waals surface area contributed by atoms with Crippen LogP contribution < -0.4 is 11.1 Å². The lowest BCUT2D eigenvalue weighted by molar-refractivity contribution is -0.123. The molecule has 1 fully saturated rings. The van der Waals surface area contributed by atoms with Crippen molar-refractivity contribution >= 4 is 18.3 Å². The van der Waals surface area contributed by atoms with E-state index in [4.69, 9.17) is 10.5 Å². The van der Waals surface area contributed by atoms with Crippen LogP contribution in [0.5, 0.6) is 0 Å². The van der Waals surface area contributed by atoms with Gasteiger partial charge in [0.15, 0.2) is 0 Å². The summed E-state index contributed by atoms with van der Waals surface area (Å²) in [5.74, 6) is 0.0703. The molecule has 16 heavy (non-hydrogen) atoms. The number of carbonyl (C=O) groups is 1. The van der Waals surface area contributed by atoms with Crippen LogP contribution >= 0.6 is 12.4 Å². The smallest absolute Gasteiger partial charge is 0.220 e. The molecule has 0 aromatic rings. The van der Waals surface area contributed by atoms with Gasteiger partial charge in [0.25, 0.3) is 0 Å². The van der Waals surface area contributed by atoms with Crippen molar-refractivity contribution in [3.05, 3.63) is 0 Å².